The van der Waals surface area contributed by atoms with E-state index in [9.17, 15) is 0 Å². The summed E-state index contributed by atoms with van der Waals surface area (Å²) in [5.41, 5.74) is 0. The lowest BCUT2D eigenvalue weighted by molar-refractivity contribution is -0.0413. The van der Waals surface area contributed by atoms with E-state index < -0.39 is 6.29 Å². The average Bonchev–Trinajstić information content (AvgIpc) is 1.38. The fraction of sp³-hybridized carbons (Fsp3) is 1.00. The normalized spacial score (nSPS) is 8.00. The molecule has 0 atom stereocenters. The Kier molecular flexibility index (Phi) is 8.10. The summed E-state index contributed by atoms with van der Waals surface area (Å²) >= 11 is 0. The van der Waals surface area contributed by atoms with Gasteiger partial charge in [0.2, 0.25) is 0 Å². The van der Waals surface area contributed by atoms with Crippen LogP contribution in [0.3, 0.4) is 0 Å². The highest BCUT2D eigenvalue weighted by atomic mass is 28.1. The number of hydrogen-bond acceptors (Lipinski definition) is 2. The number of rotatable bonds is 1. The van der Waals surface area contributed by atoms with Gasteiger partial charge in [-0.25, -0.2) is 0 Å². The van der Waals surface area contributed by atoms with Gasteiger partial charge in [-0.05, 0) is 17.4 Å². The molecule has 0 aromatic carbocycles. The van der Waals surface area contributed by atoms with Crippen LogP contribution < -0.4 is 0 Å². The summed E-state index contributed by atoms with van der Waals surface area (Å²) in [5, 5.41) is 15.8. The quantitative estimate of drug-likeness (QED) is 0.309. The lowest BCUT2D eigenvalue weighted by atomic mass is 10.5. The number of aliphatic hydroxyl groups is 2. The first-order valence-corrected chi connectivity index (χ1v) is 1.63. The van der Waals surface area contributed by atoms with Crippen LogP contribution >= 0.6 is 0 Å². The van der Waals surface area contributed by atoms with E-state index in [4.69, 9.17) is 10.2 Å². The molecule has 0 amide bonds. The standard InChI is InChI=1S/C3H8O2.H4Si/c1-2-3(4)5;/h3-5H,2H2,1H3;1H4. The van der Waals surface area contributed by atoms with Gasteiger partial charge in [-0.2, -0.15) is 0 Å². The highest BCUT2D eigenvalue weighted by Crippen LogP contribution is 1.77. The zero-order chi connectivity index (χ0) is 4.28. The Balaban J connectivity index is 0. The molecule has 0 spiro atoms. The molecule has 0 radical (unpaired) electrons. The molecule has 2 nitrogen and oxygen atoms in total. The van der Waals surface area contributed by atoms with Gasteiger partial charge in [0.1, 0.15) is 0 Å². The van der Waals surface area contributed by atoms with Crippen molar-refractivity contribution in [3.63, 3.8) is 0 Å². The molecule has 2 N–H and O–H groups in total. The Morgan fingerprint density at radius 2 is 1.67 bits per heavy atom. The van der Waals surface area contributed by atoms with Gasteiger partial charge in [0.05, 0.1) is 0 Å². The topological polar surface area (TPSA) is 40.5 Å². The van der Waals surface area contributed by atoms with Crippen molar-refractivity contribution in [2.45, 2.75) is 19.6 Å². The Bertz CT molecular complexity index is 22.8. The fourth-order valence-electron chi connectivity index (χ4n) is 0. The fourth-order valence-corrected chi connectivity index (χ4v) is 0. The molecule has 6 heavy (non-hydrogen) atoms. The van der Waals surface area contributed by atoms with Crippen molar-refractivity contribution in [2.75, 3.05) is 0 Å². The summed E-state index contributed by atoms with van der Waals surface area (Å²) in [6.07, 6.45) is -0.699. The molecule has 40 valence electrons. The Labute approximate surface area is 41.8 Å². The molecule has 0 unspecified atom stereocenters. The smallest absolute Gasteiger partial charge is 0.151 e. The van der Waals surface area contributed by atoms with E-state index in [0.29, 0.717) is 6.42 Å². The first-order valence-electron chi connectivity index (χ1n) is 1.63. The summed E-state index contributed by atoms with van der Waals surface area (Å²) in [6.45, 7) is 1.70. The molecule has 0 aliphatic heterocycles. The minimum Gasteiger partial charge on any atom is -0.368 e. The number of hydrogen-bond donors (Lipinski definition) is 2. The Morgan fingerprint density at radius 3 is 1.67 bits per heavy atom. The van der Waals surface area contributed by atoms with Crippen molar-refractivity contribution in [3.05, 3.63) is 0 Å². The second-order valence-electron chi connectivity index (χ2n) is 0.889. The van der Waals surface area contributed by atoms with Gasteiger partial charge >= 0.3 is 0 Å². The van der Waals surface area contributed by atoms with Crippen LogP contribution in [0.25, 0.3) is 0 Å². The Morgan fingerprint density at radius 1 is 1.50 bits per heavy atom. The highest BCUT2D eigenvalue weighted by molar-refractivity contribution is 5.75. The highest BCUT2D eigenvalue weighted by Gasteiger charge is 1.83. The average molecular weight is 108 g/mol. The van der Waals surface area contributed by atoms with Crippen molar-refractivity contribution in [1.82, 2.24) is 0 Å². The van der Waals surface area contributed by atoms with Gasteiger partial charge in [-0.3, -0.25) is 0 Å². The summed E-state index contributed by atoms with van der Waals surface area (Å²) in [7, 11) is 0. The molecule has 0 heterocycles. The number of aliphatic hydroxyl groups excluding tert-OH is 1. The monoisotopic (exact) mass is 108 g/mol. The third-order valence-corrected chi connectivity index (χ3v) is 0.365. The van der Waals surface area contributed by atoms with Gasteiger partial charge in [0, 0.05) is 0 Å². The van der Waals surface area contributed by atoms with E-state index in [-0.39, 0.29) is 11.0 Å². The second-order valence-corrected chi connectivity index (χ2v) is 0.889. The Hall–Kier alpha value is 0.137. The van der Waals surface area contributed by atoms with E-state index in [2.05, 4.69) is 0 Å². The van der Waals surface area contributed by atoms with Crippen molar-refractivity contribution in [3.8, 4) is 0 Å². The van der Waals surface area contributed by atoms with Crippen molar-refractivity contribution in [1.29, 1.82) is 0 Å². The van der Waals surface area contributed by atoms with Gasteiger partial charge in [-0.15, -0.1) is 0 Å². The third kappa shape index (κ3) is 8.91. The summed E-state index contributed by atoms with van der Waals surface area (Å²) in [4.78, 5) is 0. The third-order valence-electron chi connectivity index (χ3n) is 0.365. The van der Waals surface area contributed by atoms with Gasteiger partial charge in [-0.1, -0.05) is 6.92 Å². The second kappa shape index (κ2) is 5.14. The van der Waals surface area contributed by atoms with E-state index in [1.807, 2.05) is 0 Å². The zero-order valence-electron chi connectivity index (χ0n) is 3.18. The predicted octanol–water partition coefficient (Wildman–Crippen LogP) is -1.74. The lowest BCUT2D eigenvalue weighted by Gasteiger charge is -1.90. The van der Waals surface area contributed by atoms with Crippen LogP contribution in [-0.4, -0.2) is 27.5 Å². The van der Waals surface area contributed by atoms with Gasteiger partial charge < -0.3 is 10.2 Å². The maximum atomic E-state index is 7.92. The summed E-state index contributed by atoms with van der Waals surface area (Å²) in [5.74, 6) is 0. The van der Waals surface area contributed by atoms with E-state index in [0.717, 1.165) is 0 Å². The van der Waals surface area contributed by atoms with Crippen LogP contribution in [-0.2, 0) is 0 Å². The molecule has 3 heteroatoms. The SMILES string of the molecule is CCC(O)O.[SiH4]. The first kappa shape index (κ1) is 9.46. The van der Waals surface area contributed by atoms with Crippen molar-refractivity contribution < 1.29 is 10.2 Å². The largest absolute Gasteiger partial charge is 0.368 e. The first-order chi connectivity index (χ1) is 2.27. The molecule has 0 saturated heterocycles. The molecule has 0 aromatic heterocycles. The minimum atomic E-state index is -1.12. The van der Waals surface area contributed by atoms with Crippen LogP contribution in [0, 0.1) is 0 Å². The predicted molar refractivity (Wildman–Crippen MR) is 29.9 cm³/mol. The van der Waals surface area contributed by atoms with Crippen molar-refractivity contribution >= 4 is 11.0 Å². The molecular formula is C3H12O2Si. The summed E-state index contributed by atoms with van der Waals surface area (Å²) in [6, 6.07) is 0. The molecule has 0 aromatic rings. The molecule has 0 rings (SSSR count). The van der Waals surface area contributed by atoms with E-state index in [1.165, 1.54) is 0 Å². The van der Waals surface area contributed by atoms with E-state index in [1.54, 1.807) is 6.92 Å². The van der Waals surface area contributed by atoms with Crippen molar-refractivity contribution in [2.24, 2.45) is 0 Å². The molecule has 0 fully saturated rings. The lowest BCUT2D eigenvalue weighted by Crippen LogP contribution is -1.99. The maximum Gasteiger partial charge on any atom is 0.151 e. The summed E-state index contributed by atoms with van der Waals surface area (Å²) < 4.78 is 0. The molecule has 0 saturated carbocycles. The van der Waals surface area contributed by atoms with Crippen LogP contribution in [0.15, 0.2) is 0 Å². The van der Waals surface area contributed by atoms with Crippen LogP contribution in [0.4, 0.5) is 0 Å². The van der Waals surface area contributed by atoms with Crippen LogP contribution in [0.2, 0.25) is 0 Å². The molecule has 0 aliphatic rings. The van der Waals surface area contributed by atoms with Crippen LogP contribution in [0.5, 0.6) is 0 Å². The maximum absolute atomic E-state index is 7.92. The van der Waals surface area contributed by atoms with Gasteiger partial charge in [0.15, 0.2) is 6.29 Å². The zero-order valence-corrected chi connectivity index (χ0v) is 3.18. The minimum absolute atomic E-state index is 0. The molecule has 0 bridgehead atoms. The van der Waals surface area contributed by atoms with Crippen LogP contribution in [0.1, 0.15) is 13.3 Å². The molecule has 0 aliphatic carbocycles. The molecular weight excluding hydrogens is 96.1 g/mol. The van der Waals surface area contributed by atoms with E-state index >= 15 is 0 Å². The van der Waals surface area contributed by atoms with Gasteiger partial charge in [0.25, 0.3) is 0 Å².